The molecular formula is C42H63BrFN3O7Si. The van der Waals surface area contributed by atoms with E-state index >= 15 is 14.0 Å². The molecule has 1 fully saturated rings. The summed E-state index contributed by atoms with van der Waals surface area (Å²) in [6.07, 6.45) is 4.51. The van der Waals surface area contributed by atoms with Gasteiger partial charge in [0, 0.05) is 29.2 Å². The van der Waals surface area contributed by atoms with Crippen molar-refractivity contribution in [3.05, 3.63) is 43.9 Å². The Morgan fingerprint density at radius 1 is 1.04 bits per heavy atom. The molecule has 0 unspecified atom stereocenters. The number of ketones is 2. The Kier molecular flexibility index (Phi) is 12.9. The predicted molar refractivity (Wildman–Crippen MR) is 219 cm³/mol. The van der Waals surface area contributed by atoms with Gasteiger partial charge in [0.05, 0.1) is 29.3 Å². The van der Waals surface area contributed by atoms with Crippen molar-refractivity contribution in [3.63, 3.8) is 0 Å². The van der Waals surface area contributed by atoms with Gasteiger partial charge in [0.25, 0.3) is 5.88 Å². The molecule has 1 aromatic carbocycles. The molecule has 1 heterocycles. The van der Waals surface area contributed by atoms with E-state index in [1.807, 2.05) is 39.0 Å². The lowest BCUT2D eigenvalue weighted by Gasteiger charge is -2.55. The number of nitrogens with zero attached hydrogens (tertiary/aromatic N) is 2. The Labute approximate surface area is 336 Å². The number of carbonyl (C=O) groups is 2. The molecule has 0 aliphatic heterocycles. The highest BCUT2D eigenvalue weighted by molar-refractivity contribution is 9.10. The highest BCUT2D eigenvalue weighted by Crippen LogP contribution is 2.59. The van der Waals surface area contributed by atoms with Crippen molar-refractivity contribution < 1.29 is 37.5 Å². The van der Waals surface area contributed by atoms with Crippen molar-refractivity contribution in [2.75, 3.05) is 33.9 Å². The SMILES string of the molecule is CCCCOc1noc2c1C(=O)[C@@]1(O[Si](C)(C)C(C)(C)C)C(=O)C3=C(O)c4c(c(F)c(CNCCC(C)(C)C)c(Br)c4OCCCC)C[C@H]3C[C@H]1[C@@H]2N(C)C. The summed E-state index contributed by atoms with van der Waals surface area (Å²) >= 11 is 3.66. The van der Waals surface area contributed by atoms with Gasteiger partial charge in [-0.3, -0.25) is 14.5 Å². The number of unbranched alkanes of at least 4 members (excludes halogenated alkanes) is 2. The summed E-state index contributed by atoms with van der Waals surface area (Å²) < 4.78 is 42.9. The highest BCUT2D eigenvalue weighted by Gasteiger charge is 2.69. The minimum absolute atomic E-state index is 0.0420. The number of ether oxygens (including phenoxy) is 2. The Morgan fingerprint density at radius 3 is 2.25 bits per heavy atom. The van der Waals surface area contributed by atoms with Gasteiger partial charge in [-0.25, -0.2) is 4.39 Å². The summed E-state index contributed by atoms with van der Waals surface area (Å²) in [7, 11) is 0.853. The molecule has 2 N–H and O–H groups in total. The summed E-state index contributed by atoms with van der Waals surface area (Å²) in [5.74, 6) is -2.67. The monoisotopic (exact) mass is 847 g/mol. The van der Waals surface area contributed by atoms with Gasteiger partial charge in [0.1, 0.15) is 22.9 Å². The summed E-state index contributed by atoms with van der Waals surface area (Å²) in [5, 5.41) is 19.7. The summed E-state index contributed by atoms with van der Waals surface area (Å²) in [4.78, 5) is 33.0. The van der Waals surface area contributed by atoms with Crippen LogP contribution >= 0.6 is 15.9 Å². The maximum Gasteiger partial charge on any atom is 0.265 e. The van der Waals surface area contributed by atoms with E-state index in [1.165, 1.54) is 0 Å². The van der Waals surface area contributed by atoms with Crippen LogP contribution in [0.4, 0.5) is 4.39 Å². The first-order chi connectivity index (χ1) is 25.6. The van der Waals surface area contributed by atoms with E-state index < -0.39 is 49.2 Å². The topological polar surface area (TPSA) is 123 Å². The second-order valence-electron chi connectivity index (χ2n) is 18.6. The second kappa shape index (κ2) is 16.3. The third-order valence-electron chi connectivity index (χ3n) is 12.0. The molecule has 0 spiro atoms. The molecule has 1 saturated carbocycles. The Morgan fingerprint density at radius 2 is 1.67 bits per heavy atom. The average molecular weight is 849 g/mol. The van der Waals surface area contributed by atoms with E-state index in [1.54, 1.807) is 0 Å². The highest BCUT2D eigenvalue weighted by atomic mass is 79.9. The van der Waals surface area contributed by atoms with E-state index in [0.717, 1.165) is 32.1 Å². The minimum Gasteiger partial charge on any atom is -0.507 e. The third-order valence-corrected chi connectivity index (χ3v) is 17.3. The number of benzene rings is 1. The number of hydrogen-bond donors (Lipinski definition) is 2. The van der Waals surface area contributed by atoms with Gasteiger partial charge in [-0.15, -0.1) is 0 Å². The van der Waals surface area contributed by atoms with Crippen molar-refractivity contribution >= 4 is 41.6 Å². The van der Waals surface area contributed by atoms with Crippen LogP contribution in [-0.4, -0.2) is 74.5 Å². The van der Waals surface area contributed by atoms with Crippen LogP contribution in [-0.2, 0) is 22.2 Å². The van der Waals surface area contributed by atoms with Crippen molar-refractivity contribution in [2.24, 2.45) is 17.3 Å². The molecule has 0 radical (unpaired) electrons. The van der Waals surface area contributed by atoms with Crippen molar-refractivity contribution in [1.82, 2.24) is 15.4 Å². The zero-order chi connectivity index (χ0) is 40.8. The number of carbonyl (C=O) groups excluding carboxylic acids is 2. The minimum atomic E-state index is -2.90. The first-order valence-corrected chi connectivity index (χ1v) is 23.7. The Balaban J connectivity index is 1.74. The van der Waals surface area contributed by atoms with E-state index in [0.29, 0.717) is 46.9 Å². The number of fused-ring (bicyclic) bond motifs is 4. The second-order valence-corrected chi connectivity index (χ2v) is 24.1. The molecule has 1 aromatic heterocycles. The number of Topliss-reactive ketones (excluding diaryl/α,β-unsaturated/α-hetero) is 2. The largest absolute Gasteiger partial charge is 0.507 e. The maximum atomic E-state index is 17.0. The molecular weight excluding hydrogens is 785 g/mol. The van der Waals surface area contributed by atoms with Crippen LogP contribution in [0.25, 0.3) is 5.76 Å². The fourth-order valence-corrected chi connectivity index (χ4v) is 10.0. The number of aliphatic hydroxyl groups excluding tert-OH is 1. The van der Waals surface area contributed by atoms with Gasteiger partial charge >= 0.3 is 0 Å². The molecule has 13 heteroatoms. The van der Waals surface area contributed by atoms with E-state index in [2.05, 4.69) is 74.9 Å². The van der Waals surface area contributed by atoms with Crippen LogP contribution in [0.1, 0.15) is 133 Å². The van der Waals surface area contributed by atoms with Gasteiger partial charge in [0.2, 0.25) is 11.6 Å². The van der Waals surface area contributed by atoms with E-state index in [4.69, 9.17) is 18.4 Å². The molecule has 3 aliphatic carbocycles. The zero-order valence-corrected chi connectivity index (χ0v) is 37.6. The van der Waals surface area contributed by atoms with E-state index in [9.17, 15) is 5.11 Å². The molecule has 306 valence electrons. The van der Waals surface area contributed by atoms with Gasteiger partial charge in [-0.05, 0) is 103 Å². The van der Waals surface area contributed by atoms with Crippen LogP contribution < -0.4 is 14.8 Å². The molecule has 0 amide bonds. The number of hydrogen-bond acceptors (Lipinski definition) is 10. The molecule has 5 rings (SSSR count). The Bertz CT molecular complexity index is 1810. The fourth-order valence-electron chi connectivity index (χ4n) is 7.93. The number of halogens is 2. The number of nitrogens with one attached hydrogen (secondary N) is 1. The maximum absolute atomic E-state index is 17.0. The standard InChI is InChI=1S/C42H63BrFN3O7Si/c1-13-15-19-51-35-29-25(32(44)26(31(35)43)23-45-18-17-40(3,4)5)21-24-22-27-33(47(9)10)36-30(39(46-53-36)52-20-16-14-2)38(50)42(27,37(49)28(24)34(29)48)54-55(11,12)41(6,7)8/h24,27,33,45,48H,13-23H2,1-12H3/t24-,27-,33-,42-/m0/s1. The lowest BCUT2D eigenvalue weighted by molar-refractivity contribution is -0.140. The third kappa shape index (κ3) is 7.98. The summed E-state index contributed by atoms with van der Waals surface area (Å²) in [5.41, 5.74) is -0.867. The first kappa shape index (κ1) is 43.5. The number of aliphatic hydroxyl groups is 1. The average Bonchev–Trinajstić information content (AvgIpc) is 3.49. The molecule has 3 aliphatic rings. The molecule has 55 heavy (non-hydrogen) atoms. The fraction of sp³-hybridized carbons (Fsp3) is 0.690. The lowest BCUT2D eigenvalue weighted by Crippen LogP contribution is -2.68. The quantitative estimate of drug-likeness (QED) is 0.102. The van der Waals surface area contributed by atoms with Crippen LogP contribution in [0.15, 0.2) is 14.6 Å². The number of aromatic nitrogens is 1. The summed E-state index contributed by atoms with van der Waals surface area (Å²) in [6, 6.07) is -0.604. The molecule has 0 bridgehead atoms. The van der Waals surface area contributed by atoms with E-state index in [-0.39, 0.29) is 58.2 Å². The molecule has 4 atom stereocenters. The zero-order valence-electron chi connectivity index (χ0n) is 35.1. The van der Waals surface area contributed by atoms with Gasteiger partial charge in [-0.1, -0.05) is 68.2 Å². The van der Waals surface area contributed by atoms with Gasteiger partial charge in [-0.2, -0.15) is 0 Å². The number of rotatable bonds is 15. The summed E-state index contributed by atoms with van der Waals surface area (Å²) in [6.45, 7) is 22.4. The molecule has 0 saturated heterocycles. The van der Waals surface area contributed by atoms with Crippen molar-refractivity contribution in [2.45, 2.75) is 137 Å². The van der Waals surface area contributed by atoms with Crippen molar-refractivity contribution in [1.29, 1.82) is 0 Å². The Hall–Kier alpha value is -2.58. The van der Waals surface area contributed by atoms with Gasteiger partial charge in [0.15, 0.2) is 19.7 Å². The van der Waals surface area contributed by atoms with Crippen LogP contribution in [0.3, 0.4) is 0 Å². The lowest BCUT2D eigenvalue weighted by atomic mass is 9.57. The smallest absolute Gasteiger partial charge is 0.265 e. The molecule has 10 nitrogen and oxygen atoms in total. The van der Waals surface area contributed by atoms with Gasteiger partial charge < -0.3 is 28.8 Å². The normalized spacial score (nSPS) is 22.8. The van der Waals surface area contributed by atoms with Crippen LogP contribution in [0.2, 0.25) is 18.1 Å². The van der Waals surface area contributed by atoms with Crippen molar-refractivity contribution in [3.8, 4) is 11.6 Å². The molecule has 2 aromatic rings. The predicted octanol–water partition coefficient (Wildman–Crippen LogP) is 9.75. The van der Waals surface area contributed by atoms with Crippen LogP contribution in [0, 0.1) is 23.1 Å². The first-order valence-electron chi connectivity index (χ1n) is 20.0. The van der Waals surface area contributed by atoms with Crippen LogP contribution in [0.5, 0.6) is 11.6 Å².